The molecule has 0 saturated carbocycles. The van der Waals surface area contributed by atoms with Gasteiger partial charge < -0.3 is 4.90 Å². The Morgan fingerprint density at radius 2 is 2.10 bits per heavy atom. The van der Waals surface area contributed by atoms with E-state index in [-0.39, 0.29) is 11.4 Å². The zero-order chi connectivity index (χ0) is 15.1. The Morgan fingerprint density at radius 1 is 1.45 bits per heavy atom. The van der Waals surface area contributed by atoms with E-state index in [4.69, 9.17) is 0 Å². The molecule has 0 N–H and O–H groups in total. The molecule has 1 aliphatic rings. The normalized spacial score (nSPS) is 19.4. The van der Waals surface area contributed by atoms with Crippen LogP contribution in [0.3, 0.4) is 0 Å². The van der Waals surface area contributed by atoms with E-state index in [1.807, 2.05) is 22.6 Å². The average Bonchev–Trinajstić information content (AvgIpc) is 2.71. The number of anilines is 1. The molecule has 1 aromatic carbocycles. The van der Waals surface area contributed by atoms with Gasteiger partial charge in [-0.25, -0.2) is 0 Å². The largest absolute Gasteiger partial charge is 0.307 e. The first-order valence-corrected chi connectivity index (χ1v) is 7.90. The first kappa shape index (κ1) is 15.1. The molecule has 1 fully saturated rings. The predicted molar refractivity (Wildman–Crippen MR) is 76.6 cm³/mol. The van der Waals surface area contributed by atoms with E-state index in [0.29, 0.717) is 3.57 Å². The average molecular weight is 414 g/mol. The lowest BCUT2D eigenvalue weighted by Crippen LogP contribution is -2.27. The molecule has 2 rings (SSSR count). The molecule has 10 heteroatoms. The SMILES string of the molecule is O=C1CC(S(=O)(=O)F)CN1c1ccc(I)cc1[N+](=O)[O-]. The summed E-state index contributed by atoms with van der Waals surface area (Å²) in [6.07, 6.45) is -0.512. The molecule has 108 valence electrons. The number of halogens is 2. The van der Waals surface area contributed by atoms with Gasteiger partial charge in [0.2, 0.25) is 5.91 Å². The number of nitro groups is 1. The minimum absolute atomic E-state index is 0.0217. The summed E-state index contributed by atoms with van der Waals surface area (Å²) in [6.45, 7) is -0.418. The zero-order valence-electron chi connectivity index (χ0n) is 9.82. The summed E-state index contributed by atoms with van der Waals surface area (Å²) in [7, 11) is -4.85. The molecule has 20 heavy (non-hydrogen) atoms. The number of amides is 1. The van der Waals surface area contributed by atoms with E-state index >= 15 is 0 Å². The third-order valence-corrected chi connectivity index (χ3v) is 4.70. The molecule has 1 aromatic rings. The Morgan fingerprint density at radius 3 is 2.60 bits per heavy atom. The number of nitro benzene ring substituents is 1. The first-order valence-electron chi connectivity index (χ1n) is 5.38. The molecule has 1 heterocycles. The summed E-state index contributed by atoms with van der Waals surface area (Å²) >= 11 is 1.88. The Labute approximate surface area is 127 Å². The van der Waals surface area contributed by atoms with Crippen molar-refractivity contribution >= 4 is 50.1 Å². The lowest BCUT2D eigenvalue weighted by molar-refractivity contribution is -0.384. The molecule has 0 spiro atoms. The second kappa shape index (κ2) is 5.24. The van der Waals surface area contributed by atoms with Crippen molar-refractivity contribution in [2.45, 2.75) is 11.7 Å². The molecule has 0 bridgehead atoms. The minimum atomic E-state index is -4.85. The van der Waals surface area contributed by atoms with Crippen molar-refractivity contribution < 1.29 is 22.0 Å². The van der Waals surface area contributed by atoms with Crippen LogP contribution in [-0.4, -0.2) is 31.0 Å². The van der Waals surface area contributed by atoms with E-state index in [0.717, 1.165) is 4.90 Å². The molecule has 0 aromatic heterocycles. The van der Waals surface area contributed by atoms with Crippen LogP contribution < -0.4 is 4.90 Å². The van der Waals surface area contributed by atoms with E-state index in [1.54, 1.807) is 6.07 Å². The number of carbonyl (C=O) groups is 1. The highest BCUT2D eigenvalue weighted by Crippen LogP contribution is 2.34. The Bertz CT molecular complexity index is 693. The number of nitrogens with zero attached hydrogens (tertiary/aromatic N) is 2. The van der Waals surface area contributed by atoms with Crippen LogP contribution in [0.4, 0.5) is 15.3 Å². The van der Waals surface area contributed by atoms with Crippen molar-refractivity contribution in [3.05, 3.63) is 31.9 Å². The van der Waals surface area contributed by atoms with Crippen molar-refractivity contribution in [2.75, 3.05) is 11.4 Å². The maximum absolute atomic E-state index is 12.9. The number of benzene rings is 1. The van der Waals surface area contributed by atoms with Crippen LogP contribution >= 0.6 is 22.6 Å². The molecule has 1 amide bonds. The monoisotopic (exact) mass is 414 g/mol. The topological polar surface area (TPSA) is 97.6 Å². The lowest BCUT2D eigenvalue weighted by atomic mass is 10.2. The molecular weight excluding hydrogens is 406 g/mol. The summed E-state index contributed by atoms with van der Waals surface area (Å²) in [4.78, 5) is 23.0. The van der Waals surface area contributed by atoms with Gasteiger partial charge >= 0.3 is 10.2 Å². The highest BCUT2D eigenvalue weighted by molar-refractivity contribution is 14.1. The Kier molecular flexibility index (Phi) is 3.95. The number of hydrogen-bond donors (Lipinski definition) is 0. The quantitative estimate of drug-likeness (QED) is 0.324. The molecule has 0 radical (unpaired) electrons. The molecule has 1 saturated heterocycles. The highest BCUT2D eigenvalue weighted by Gasteiger charge is 2.41. The number of carbonyl (C=O) groups excluding carboxylic acids is 1. The minimum Gasteiger partial charge on any atom is -0.305 e. The molecule has 1 unspecified atom stereocenters. The first-order chi connectivity index (χ1) is 9.20. The molecular formula is C10H8FIN2O5S. The fraction of sp³-hybridized carbons (Fsp3) is 0.300. The van der Waals surface area contributed by atoms with Crippen molar-refractivity contribution in [3.63, 3.8) is 0 Å². The molecule has 0 aliphatic carbocycles. The number of rotatable bonds is 3. The fourth-order valence-corrected chi connectivity index (χ4v) is 3.11. The van der Waals surface area contributed by atoms with Crippen molar-refractivity contribution in [1.29, 1.82) is 0 Å². The van der Waals surface area contributed by atoms with E-state index in [9.17, 15) is 27.2 Å². The van der Waals surface area contributed by atoms with E-state index in [1.165, 1.54) is 12.1 Å². The maximum Gasteiger partial charge on any atom is 0.307 e. The van der Waals surface area contributed by atoms with Crippen LogP contribution in [-0.2, 0) is 15.0 Å². The lowest BCUT2D eigenvalue weighted by Gasteiger charge is -2.16. The van der Waals surface area contributed by atoms with Crippen molar-refractivity contribution in [2.24, 2.45) is 0 Å². The standard InChI is InChI=1S/C10H8FIN2O5S/c11-20(18,19)7-4-10(15)13(5-7)8-2-1-6(12)3-9(8)14(16)17/h1-3,7H,4-5H2. The fourth-order valence-electron chi connectivity index (χ4n) is 1.97. The van der Waals surface area contributed by atoms with E-state index in [2.05, 4.69) is 0 Å². The van der Waals surface area contributed by atoms with Crippen molar-refractivity contribution in [1.82, 2.24) is 0 Å². The van der Waals surface area contributed by atoms with Gasteiger partial charge in [-0.3, -0.25) is 14.9 Å². The van der Waals surface area contributed by atoms with Crippen LogP contribution in [0.15, 0.2) is 18.2 Å². The van der Waals surface area contributed by atoms with Crippen LogP contribution in [0, 0.1) is 13.7 Å². The summed E-state index contributed by atoms with van der Waals surface area (Å²) < 4.78 is 35.2. The van der Waals surface area contributed by atoms with Gasteiger partial charge in [0, 0.05) is 22.6 Å². The summed E-state index contributed by atoms with van der Waals surface area (Å²) in [6, 6.07) is 4.17. The van der Waals surface area contributed by atoms with Gasteiger partial charge in [0.05, 0.1) is 4.92 Å². The van der Waals surface area contributed by atoms with Gasteiger partial charge in [0.15, 0.2) is 0 Å². The molecule has 1 atom stereocenters. The van der Waals surface area contributed by atoms with E-state index < -0.39 is 39.3 Å². The van der Waals surface area contributed by atoms with Gasteiger partial charge in [-0.1, -0.05) is 0 Å². The molecule has 7 nitrogen and oxygen atoms in total. The predicted octanol–water partition coefficient (Wildman–Crippen LogP) is 1.60. The smallest absolute Gasteiger partial charge is 0.305 e. The summed E-state index contributed by atoms with van der Waals surface area (Å²) in [5, 5.41) is 9.51. The Balaban J connectivity index is 2.43. The van der Waals surface area contributed by atoms with Gasteiger partial charge in [-0.05, 0) is 34.7 Å². The number of hydrogen-bond acceptors (Lipinski definition) is 5. The maximum atomic E-state index is 12.9. The second-order valence-corrected chi connectivity index (χ2v) is 7.06. The van der Waals surface area contributed by atoms with Gasteiger partial charge in [-0.15, -0.1) is 3.89 Å². The third kappa shape index (κ3) is 2.90. The van der Waals surface area contributed by atoms with Gasteiger partial charge in [0.25, 0.3) is 5.69 Å². The Hall–Kier alpha value is -1.30. The molecule has 1 aliphatic heterocycles. The van der Waals surface area contributed by atoms with Crippen LogP contribution in [0.5, 0.6) is 0 Å². The van der Waals surface area contributed by atoms with Crippen molar-refractivity contribution in [3.8, 4) is 0 Å². The van der Waals surface area contributed by atoms with Gasteiger partial charge in [0.1, 0.15) is 10.9 Å². The van der Waals surface area contributed by atoms with Crippen LogP contribution in [0.1, 0.15) is 6.42 Å². The summed E-state index contributed by atoms with van der Waals surface area (Å²) in [5.41, 5.74) is -0.339. The van der Waals surface area contributed by atoms with Gasteiger partial charge in [-0.2, -0.15) is 8.42 Å². The third-order valence-electron chi connectivity index (χ3n) is 2.91. The zero-order valence-corrected chi connectivity index (χ0v) is 12.8. The highest BCUT2D eigenvalue weighted by atomic mass is 127. The van der Waals surface area contributed by atoms with Crippen LogP contribution in [0.2, 0.25) is 0 Å². The second-order valence-electron chi connectivity index (χ2n) is 4.20. The van der Waals surface area contributed by atoms with Crippen LogP contribution in [0.25, 0.3) is 0 Å². The summed E-state index contributed by atoms with van der Waals surface area (Å²) in [5.74, 6) is -0.652.